The molecule has 0 atom stereocenters. The van der Waals surface area contributed by atoms with Gasteiger partial charge in [-0.15, -0.1) is 0 Å². The molecule has 144 valence electrons. The Morgan fingerprint density at radius 1 is 1.00 bits per heavy atom. The molecule has 4 nitrogen and oxygen atoms in total. The first-order valence-corrected chi connectivity index (χ1v) is 8.55. The van der Waals surface area contributed by atoms with Gasteiger partial charge in [0, 0.05) is 37.6 Å². The summed E-state index contributed by atoms with van der Waals surface area (Å²) in [6.07, 6.45) is -4.60. The van der Waals surface area contributed by atoms with Crippen LogP contribution in [0, 0.1) is 5.82 Å². The number of nitrogens with zero attached hydrogens (tertiary/aromatic N) is 2. The zero-order chi connectivity index (χ0) is 19.6. The van der Waals surface area contributed by atoms with Crippen LogP contribution in [0.5, 0.6) is 0 Å². The maximum absolute atomic E-state index is 13.0. The van der Waals surface area contributed by atoms with E-state index in [1.165, 1.54) is 23.1 Å². The van der Waals surface area contributed by atoms with Crippen molar-refractivity contribution in [3.05, 3.63) is 58.9 Å². The van der Waals surface area contributed by atoms with Crippen LogP contribution < -0.4 is 10.2 Å². The molecule has 2 aromatic carbocycles. The van der Waals surface area contributed by atoms with E-state index < -0.39 is 22.8 Å². The number of piperazine rings is 1. The summed E-state index contributed by atoms with van der Waals surface area (Å²) < 4.78 is 51.7. The number of alkyl halides is 3. The number of halogens is 5. The molecule has 1 aliphatic rings. The predicted octanol–water partition coefficient (Wildman–Crippen LogP) is 4.85. The van der Waals surface area contributed by atoms with Gasteiger partial charge in [0.15, 0.2) is 0 Å². The summed E-state index contributed by atoms with van der Waals surface area (Å²) in [6.45, 7) is 1.85. The van der Waals surface area contributed by atoms with E-state index in [1.807, 2.05) is 4.90 Å². The minimum absolute atomic E-state index is 0.0256. The molecule has 0 unspecified atom stereocenters. The topological polar surface area (TPSA) is 35.6 Å². The first-order chi connectivity index (χ1) is 12.7. The van der Waals surface area contributed by atoms with Gasteiger partial charge >= 0.3 is 12.2 Å². The van der Waals surface area contributed by atoms with Crippen LogP contribution >= 0.6 is 11.6 Å². The molecule has 27 heavy (non-hydrogen) atoms. The van der Waals surface area contributed by atoms with Crippen molar-refractivity contribution in [2.45, 2.75) is 6.18 Å². The van der Waals surface area contributed by atoms with E-state index in [-0.39, 0.29) is 11.5 Å². The molecular formula is C18H16ClF4N3O. The number of carbonyl (C=O) groups excluding carboxylic acids is 1. The Hall–Kier alpha value is -2.48. The maximum Gasteiger partial charge on any atom is 0.417 e. The van der Waals surface area contributed by atoms with Gasteiger partial charge in [0.05, 0.1) is 10.6 Å². The third-order valence-electron chi connectivity index (χ3n) is 4.28. The van der Waals surface area contributed by atoms with Gasteiger partial charge in [-0.1, -0.05) is 11.6 Å². The molecule has 0 radical (unpaired) electrons. The lowest BCUT2D eigenvalue weighted by Gasteiger charge is -2.36. The lowest BCUT2D eigenvalue weighted by molar-refractivity contribution is -0.137. The van der Waals surface area contributed by atoms with Crippen LogP contribution in [0.1, 0.15) is 5.56 Å². The average Bonchev–Trinajstić information content (AvgIpc) is 2.63. The van der Waals surface area contributed by atoms with Gasteiger partial charge in [-0.05, 0) is 42.5 Å². The van der Waals surface area contributed by atoms with Crippen LogP contribution in [0.25, 0.3) is 0 Å². The van der Waals surface area contributed by atoms with Crippen molar-refractivity contribution in [2.75, 3.05) is 36.4 Å². The Morgan fingerprint density at radius 3 is 2.22 bits per heavy atom. The minimum atomic E-state index is -4.60. The monoisotopic (exact) mass is 401 g/mol. The van der Waals surface area contributed by atoms with Gasteiger partial charge in [0.1, 0.15) is 5.82 Å². The summed E-state index contributed by atoms with van der Waals surface area (Å²) in [4.78, 5) is 15.9. The fourth-order valence-electron chi connectivity index (χ4n) is 2.84. The summed E-state index contributed by atoms with van der Waals surface area (Å²) >= 11 is 5.58. The number of amides is 2. The summed E-state index contributed by atoms with van der Waals surface area (Å²) in [5, 5.41) is 2.05. The minimum Gasteiger partial charge on any atom is -0.368 e. The van der Waals surface area contributed by atoms with Crippen LogP contribution in [-0.2, 0) is 6.18 Å². The lowest BCUT2D eigenvalue weighted by Crippen LogP contribution is -2.50. The Balaban J connectivity index is 1.61. The highest BCUT2D eigenvalue weighted by atomic mass is 35.5. The van der Waals surface area contributed by atoms with Crippen LogP contribution in [-0.4, -0.2) is 37.1 Å². The van der Waals surface area contributed by atoms with Crippen LogP contribution in [0.4, 0.5) is 33.7 Å². The molecule has 2 aromatic rings. The summed E-state index contributed by atoms with van der Waals surface area (Å²) in [7, 11) is 0. The van der Waals surface area contributed by atoms with Crippen molar-refractivity contribution in [3.63, 3.8) is 0 Å². The molecule has 0 spiro atoms. The van der Waals surface area contributed by atoms with Gasteiger partial charge in [-0.2, -0.15) is 13.2 Å². The zero-order valence-corrected chi connectivity index (χ0v) is 14.8. The van der Waals surface area contributed by atoms with E-state index >= 15 is 0 Å². The number of hydrogen-bond acceptors (Lipinski definition) is 2. The first-order valence-electron chi connectivity index (χ1n) is 8.17. The van der Waals surface area contributed by atoms with Crippen molar-refractivity contribution in [1.82, 2.24) is 4.90 Å². The second-order valence-electron chi connectivity index (χ2n) is 6.07. The largest absolute Gasteiger partial charge is 0.417 e. The molecule has 3 rings (SSSR count). The van der Waals surface area contributed by atoms with Gasteiger partial charge in [-0.3, -0.25) is 0 Å². The fraction of sp³-hybridized carbons (Fsp3) is 0.278. The molecule has 1 saturated heterocycles. The molecule has 0 aliphatic carbocycles. The normalized spacial score (nSPS) is 15.0. The number of hydrogen-bond donors (Lipinski definition) is 1. The molecule has 9 heteroatoms. The lowest BCUT2D eigenvalue weighted by atomic mass is 10.2. The van der Waals surface area contributed by atoms with Crippen molar-refractivity contribution in [2.24, 2.45) is 0 Å². The standard InChI is InChI=1S/C18H16ClF4N3O/c19-16-6-3-13(11-15(16)18(21,22)23)24-17(27)26-9-7-25(8-10-26)14-4-1-12(20)2-5-14/h1-6,11H,7-10H2,(H,24,27). The molecule has 1 aliphatic heterocycles. The average molecular weight is 402 g/mol. The van der Waals surface area contributed by atoms with E-state index in [0.717, 1.165) is 17.8 Å². The number of nitrogens with one attached hydrogen (secondary N) is 1. The van der Waals surface area contributed by atoms with E-state index in [2.05, 4.69) is 5.32 Å². The third kappa shape index (κ3) is 4.63. The smallest absolute Gasteiger partial charge is 0.368 e. The van der Waals surface area contributed by atoms with Crippen molar-refractivity contribution >= 4 is 29.0 Å². The van der Waals surface area contributed by atoms with E-state index in [1.54, 1.807) is 12.1 Å². The maximum atomic E-state index is 13.0. The molecule has 0 bridgehead atoms. The van der Waals surface area contributed by atoms with Crippen LogP contribution in [0.15, 0.2) is 42.5 Å². The molecule has 0 aromatic heterocycles. The van der Waals surface area contributed by atoms with Crippen molar-refractivity contribution in [3.8, 4) is 0 Å². The first kappa shape index (κ1) is 19.3. The number of benzene rings is 2. The van der Waals surface area contributed by atoms with Gasteiger partial charge in [0.25, 0.3) is 0 Å². The highest BCUT2D eigenvalue weighted by Gasteiger charge is 2.33. The highest BCUT2D eigenvalue weighted by Crippen LogP contribution is 2.36. The molecule has 1 fully saturated rings. The van der Waals surface area contributed by atoms with Gasteiger partial charge in [0.2, 0.25) is 0 Å². The van der Waals surface area contributed by atoms with Crippen molar-refractivity contribution in [1.29, 1.82) is 0 Å². The van der Waals surface area contributed by atoms with Crippen molar-refractivity contribution < 1.29 is 22.4 Å². The van der Waals surface area contributed by atoms with Gasteiger partial charge in [-0.25, -0.2) is 9.18 Å². The number of rotatable bonds is 2. The predicted molar refractivity (Wildman–Crippen MR) is 95.7 cm³/mol. The number of carbonyl (C=O) groups is 1. The molecular weight excluding hydrogens is 386 g/mol. The molecule has 1 N–H and O–H groups in total. The summed E-state index contributed by atoms with van der Waals surface area (Å²) in [5.41, 5.74) is -0.121. The molecule has 1 heterocycles. The van der Waals surface area contributed by atoms with Crippen LogP contribution in [0.3, 0.4) is 0 Å². The Kier molecular flexibility index (Phi) is 5.46. The van der Waals surface area contributed by atoms with E-state index in [0.29, 0.717) is 26.2 Å². The fourth-order valence-corrected chi connectivity index (χ4v) is 3.07. The summed E-state index contributed by atoms with van der Waals surface area (Å²) in [5.74, 6) is -0.321. The highest BCUT2D eigenvalue weighted by molar-refractivity contribution is 6.31. The number of anilines is 2. The second kappa shape index (κ2) is 7.64. The van der Waals surface area contributed by atoms with E-state index in [9.17, 15) is 22.4 Å². The Labute approximate surface area is 158 Å². The Bertz CT molecular complexity index is 818. The van der Waals surface area contributed by atoms with Gasteiger partial charge < -0.3 is 15.1 Å². The Morgan fingerprint density at radius 2 is 1.63 bits per heavy atom. The third-order valence-corrected chi connectivity index (χ3v) is 4.61. The van der Waals surface area contributed by atoms with Crippen LogP contribution in [0.2, 0.25) is 5.02 Å². The summed E-state index contributed by atoms with van der Waals surface area (Å²) in [6, 6.07) is 8.82. The number of urea groups is 1. The molecule has 0 saturated carbocycles. The molecule has 2 amide bonds. The quantitative estimate of drug-likeness (QED) is 0.730. The second-order valence-corrected chi connectivity index (χ2v) is 6.48. The van der Waals surface area contributed by atoms with E-state index in [4.69, 9.17) is 11.6 Å². The SMILES string of the molecule is O=C(Nc1ccc(Cl)c(C(F)(F)F)c1)N1CCN(c2ccc(F)cc2)CC1. The zero-order valence-electron chi connectivity index (χ0n) is 14.1.